The normalized spacial score (nSPS) is 10.8. The van der Waals surface area contributed by atoms with Crippen molar-refractivity contribution in [3.8, 4) is 5.75 Å². The SMILES string of the molecule is CC(=[NH+]OCc1ccc(Cl)cc1)c1ccc(O)cn1.[Cl-]. The quantitative estimate of drug-likeness (QED) is 0.532. The summed E-state index contributed by atoms with van der Waals surface area (Å²) >= 11 is 5.80. The minimum absolute atomic E-state index is 0. The van der Waals surface area contributed by atoms with Gasteiger partial charge in [0, 0.05) is 11.9 Å². The van der Waals surface area contributed by atoms with E-state index in [1.807, 2.05) is 31.2 Å². The van der Waals surface area contributed by atoms with E-state index < -0.39 is 0 Å². The average Bonchev–Trinajstić information content (AvgIpc) is 2.41. The highest BCUT2D eigenvalue weighted by Gasteiger charge is 2.06. The van der Waals surface area contributed by atoms with Gasteiger partial charge in [0.25, 0.3) is 0 Å². The molecule has 1 aromatic carbocycles. The second-order valence-electron chi connectivity index (χ2n) is 4.04. The fourth-order valence-corrected chi connectivity index (χ4v) is 1.59. The summed E-state index contributed by atoms with van der Waals surface area (Å²) in [4.78, 5) is 9.44. The van der Waals surface area contributed by atoms with Crippen LogP contribution >= 0.6 is 11.6 Å². The summed E-state index contributed by atoms with van der Waals surface area (Å²) in [5, 5.41) is 12.7. The van der Waals surface area contributed by atoms with Gasteiger partial charge in [-0.15, -0.1) is 0 Å². The Balaban J connectivity index is 0.00000200. The third-order valence-corrected chi connectivity index (χ3v) is 2.76. The second-order valence-corrected chi connectivity index (χ2v) is 4.48. The molecule has 2 aromatic rings. The summed E-state index contributed by atoms with van der Waals surface area (Å²) in [5.41, 5.74) is 2.51. The molecular formula is C14H14Cl2N2O2. The van der Waals surface area contributed by atoms with E-state index in [0.29, 0.717) is 17.3 Å². The van der Waals surface area contributed by atoms with E-state index >= 15 is 0 Å². The highest BCUT2D eigenvalue weighted by Crippen LogP contribution is 2.09. The highest BCUT2D eigenvalue weighted by molar-refractivity contribution is 6.30. The maximum absolute atomic E-state index is 9.15. The van der Waals surface area contributed by atoms with Gasteiger partial charge in [-0.3, -0.25) is 4.84 Å². The van der Waals surface area contributed by atoms with Crippen LogP contribution in [0.4, 0.5) is 0 Å². The Morgan fingerprint density at radius 3 is 2.55 bits per heavy atom. The van der Waals surface area contributed by atoms with Crippen LogP contribution in [0, 0.1) is 0 Å². The number of nitrogens with zero attached hydrogens (tertiary/aromatic N) is 1. The Morgan fingerprint density at radius 1 is 1.25 bits per heavy atom. The summed E-state index contributed by atoms with van der Waals surface area (Å²) in [6.07, 6.45) is 1.39. The van der Waals surface area contributed by atoms with Crippen molar-refractivity contribution in [2.75, 3.05) is 0 Å². The molecule has 6 heteroatoms. The first-order valence-electron chi connectivity index (χ1n) is 5.76. The lowest BCUT2D eigenvalue weighted by atomic mass is 10.2. The monoisotopic (exact) mass is 312 g/mol. The first kappa shape index (κ1) is 16.3. The number of benzene rings is 1. The first-order chi connectivity index (χ1) is 9.15. The predicted molar refractivity (Wildman–Crippen MR) is 72.9 cm³/mol. The molecule has 0 aliphatic carbocycles. The summed E-state index contributed by atoms with van der Waals surface area (Å²) < 4.78 is 0. The Morgan fingerprint density at radius 2 is 1.95 bits per heavy atom. The van der Waals surface area contributed by atoms with Gasteiger partial charge in [0.2, 0.25) is 5.71 Å². The highest BCUT2D eigenvalue weighted by atomic mass is 35.5. The van der Waals surface area contributed by atoms with Gasteiger partial charge >= 0.3 is 0 Å². The van der Waals surface area contributed by atoms with E-state index in [2.05, 4.69) is 10.1 Å². The summed E-state index contributed by atoms with van der Waals surface area (Å²) in [7, 11) is 0. The van der Waals surface area contributed by atoms with Gasteiger partial charge in [0.1, 0.15) is 11.4 Å². The fraction of sp³-hybridized carbons (Fsp3) is 0.143. The molecule has 2 N–H and O–H groups in total. The molecular weight excluding hydrogens is 299 g/mol. The average molecular weight is 313 g/mol. The number of halogens is 2. The third-order valence-electron chi connectivity index (χ3n) is 2.51. The van der Waals surface area contributed by atoms with Crippen molar-refractivity contribution in [3.05, 3.63) is 58.9 Å². The largest absolute Gasteiger partial charge is 1.00 e. The molecule has 1 aromatic heterocycles. The van der Waals surface area contributed by atoms with Crippen LogP contribution in [-0.2, 0) is 11.4 Å². The molecule has 0 bridgehead atoms. The Kier molecular flexibility index (Phi) is 6.28. The second kappa shape index (κ2) is 7.72. The lowest BCUT2D eigenvalue weighted by Gasteiger charge is -1.98. The van der Waals surface area contributed by atoms with Gasteiger partial charge in [0.05, 0.1) is 6.20 Å². The fourth-order valence-electron chi connectivity index (χ4n) is 1.47. The number of nitrogens with one attached hydrogen (secondary N) is 1. The minimum atomic E-state index is 0. The van der Waals surface area contributed by atoms with Crippen molar-refractivity contribution in [2.24, 2.45) is 0 Å². The predicted octanol–water partition coefficient (Wildman–Crippen LogP) is -1.53. The van der Waals surface area contributed by atoms with Crippen LogP contribution in [-0.4, -0.2) is 15.8 Å². The zero-order valence-corrected chi connectivity index (χ0v) is 12.3. The smallest absolute Gasteiger partial charge is 0.247 e. The molecule has 0 amide bonds. The molecule has 1 heterocycles. The van der Waals surface area contributed by atoms with Gasteiger partial charge in [-0.1, -0.05) is 23.7 Å². The molecule has 0 saturated heterocycles. The molecule has 0 aliphatic heterocycles. The number of rotatable bonds is 4. The molecule has 0 spiro atoms. The summed E-state index contributed by atoms with van der Waals surface area (Å²) in [5.74, 6) is 0.138. The molecule has 0 radical (unpaired) electrons. The van der Waals surface area contributed by atoms with Crippen molar-refractivity contribution in [2.45, 2.75) is 13.5 Å². The van der Waals surface area contributed by atoms with Crippen LogP contribution in [0.5, 0.6) is 5.75 Å². The van der Waals surface area contributed by atoms with Crippen molar-refractivity contribution in [1.82, 2.24) is 4.98 Å². The van der Waals surface area contributed by atoms with Gasteiger partial charge in [-0.2, -0.15) is 0 Å². The molecule has 0 atom stereocenters. The van der Waals surface area contributed by atoms with Crippen molar-refractivity contribution >= 4 is 17.3 Å². The first-order valence-corrected chi connectivity index (χ1v) is 6.14. The standard InChI is InChI=1S/C14H13ClN2O2.ClH/c1-10(14-7-6-13(18)8-16-14)17-19-9-11-2-4-12(15)5-3-11;/h2-8,18H,9H2,1H3;1H. The van der Waals surface area contributed by atoms with Crippen molar-refractivity contribution < 1.29 is 27.5 Å². The Hall–Kier alpha value is -1.78. The van der Waals surface area contributed by atoms with E-state index in [1.165, 1.54) is 6.20 Å². The number of hydrogen-bond acceptors (Lipinski definition) is 3. The van der Waals surface area contributed by atoms with Crippen LogP contribution in [0.15, 0.2) is 42.6 Å². The van der Waals surface area contributed by atoms with E-state index in [1.54, 1.807) is 12.1 Å². The van der Waals surface area contributed by atoms with Gasteiger partial charge in [0.15, 0.2) is 6.61 Å². The van der Waals surface area contributed by atoms with E-state index in [9.17, 15) is 0 Å². The maximum Gasteiger partial charge on any atom is 0.247 e. The van der Waals surface area contributed by atoms with Crippen LogP contribution in [0.3, 0.4) is 0 Å². The third kappa shape index (κ3) is 4.72. The van der Waals surface area contributed by atoms with Gasteiger partial charge in [-0.05, 0) is 35.0 Å². The topological polar surface area (TPSA) is 56.3 Å². The molecule has 2 rings (SSSR count). The number of pyridine rings is 1. The molecule has 0 aliphatic rings. The van der Waals surface area contributed by atoms with Gasteiger partial charge < -0.3 is 17.5 Å². The summed E-state index contributed by atoms with van der Waals surface area (Å²) in [6.45, 7) is 2.27. The molecule has 106 valence electrons. The van der Waals surface area contributed by atoms with Crippen LogP contribution in [0.2, 0.25) is 5.02 Å². The van der Waals surface area contributed by atoms with Crippen LogP contribution in [0.1, 0.15) is 18.2 Å². The Labute approximate surface area is 128 Å². The van der Waals surface area contributed by atoms with Crippen LogP contribution in [0.25, 0.3) is 0 Å². The zero-order valence-electron chi connectivity index (χ0n) is 10.8. The molecule has 0 fully saturated rings. The number of hydrogen-bond donors (Lipinski definition) is 2. The molecule has 20 heavy (non-hydrogen) atoms. The maximum atomic E-state index is 9.15. The van der Waals surface area contributed by atoms with Crippen molar-refractivity contribution in [1.29, 1.82) is 0 Å². The van der Waals surface area contributed by atoms with Crippen LogP contribution < -0.4 is 17.6 Å². The van der Waals surface area contributed by atoms with Crippen molar-refractivity contribution in [3.63, 3.8) is 0 Å². The molecule has 0 unspecified atom stereocenters. The van der Waals surface area contributed by atoms with E-state index in [0.717, 1.165) is 11.3 Å². The zero-order chi connectivity index (χ0) is 13.7. The Bertz CT molecular complexity index is 569. The number of aromatic nitrogens is 1. The lowest BCUT2D eigenvalue weighted by Crippen LogP contribution is -3.00. The van der Waals surface area contributed by atoms with Gasteiger partial charge in [-0.25, -0.2) is 4.98 Å². The molecule has 4 nitrogen and oxygen atoms in total. The summed E-state index contributed by atoms with van der Waals surface area (Å²) in [6, 6.07) is 10.7. The molecule has 0 saturated carbocycles. The number of aromatic hydroxyl groups is 1. The van der Waals surface area contributed by atoms with E-state index in [4.69, 9.17) is 21.5 Å². The lowest BCUT2D eigenvalue weighted by molar-refractivity contribution is -0.758. The minimum Gasteiger partial charge on any atom is -1.00 e. The van der Waals surface area contributed by atoms with E-state index in [-0.39, 0.29) is 18.2 Å².